The Morgan fingerprint density at radius 3 is 2.47 bits per heavy atom. The monoisotopic (exact) mass is 236 g/mol. The van der Waals surface area contributed by atoms with Crippen molar-refractivity contribution < 1.29 is 4.79 Å². The molecule has 0 saturated heterocycles. The molecule has 0 bridgehead atoms. The fourth-order valence-corrected chi connectivity index (χ4v) is 2.59. The van der Waals surface area contributed by atoms with Crippen LogP contribution in [0.25, 0.3) is 0 Å². The molecule has 1 aliphatic rings. The topological polar surface area (TPSA) is 44.1 Å². The van der Waals surface area contributed by atoms with Gasteiger partial charge in [-0.2, -0.15) is 5.26 Å². The van der Waals surface area contributed by atoms with Crippen LogP contribution in [-0.2, 0) is 4.79 Å². The van der Waals surface area contributed by atoms with Crippen LogP contribution in [0.15, 0.2) is 0 Å². The number of carbonyl (C=O) groups excluding carboxylic acids is 1. The summed E-state index contributed by atoms with van der Waals surface area (Å²) in [6, 6.07) is 2.49. The van der Waals surface area contributed by atoms with Gasteiger partial charge in [0.25, 0.3) is 0 Å². The average molecular weight is 236 g/mol. The third-order valence-electron chi connectivity index (χ3n) is 3.91. The minimum atomic E-state index is -0.440. The fraction of sp³-hybridized carbons (Fsp3) is 0.857. The van der Waals surface area contributed by atoms with E-state index in [1.54, 1.807) is 0 Å². The highest BCUT2D eigenvalue weighted by Gasteiger charge is 2.28. The van der Waals surface area contributed by atoms with Crippen molar-refractivity contribution in [2.75, 3.05) is 7.05 Å². The highest BCUT2D eigenvalue weighted by Crippen LogP contribution is 2.27. The number of rotatable bonds is 4. The molecule has 0 aromatic heterocycles. The first kappa shape index (κ1) is 14.0. The number of nitrogens with zero attached hydrogens (tertiary/aromatic N) is 2. The van der Waals surface area contributed by atoms with E-state index in [0.717, 1.165) is 25.2 Å². The second-order valence-corrected chi connectivity index (χ2v) is 5.33. The smallest absolute Gasteiger partial charge is 0.239 e. The van der Waals surface area contributed by atoms with Gasteiger partial charge in [0.2, 0.25) is 5.91 Å². The molecule has 1 aliphatic carbocycles. The van der Waals surface area contributed by atoms with Crippen LogP contribution in [0.5, 0.6) is 0 Å². The molecule has 0 aromatic rings. The molecule has 17 heavy (non-hydrogen) atoms. The second kappa shape index (κ2) is 6.64. The molecular weight excluding hydrogens is 212 g/mol. The fourth-order valence-electron chi connectivity index (χ4n) is 2.59. The Morgan fingerprint density at radius 1 is 1.41 bits per heavy atom. The number of amides is 1. The Morgan fingerprint density at radius 2 is 2.00 bits per heavy atom. The Balaban J connectivity index is 2.54. The normalized spacial score (nSPS) is 26.0. The number of nitriles is 1. The summed E-state index contributed by atoms with van der Waals surface area (Å²) in [6.45, 7) is 4.28. The van der Waals surface area contributed by atoms with Crippen LogP contribution in [0.1, 0.15) is 52.4 Å². The van der Waals surface area contributed by atoms with Crippen LogP contribution in [0.3, 0.4) is 0 Å². The van der Waals surface area contributed by atoms with E-state index in [0.29, 0.717) is 12.5 Å². The van der Waals surface area contributed by atoms with Gasteiger partial charge in [0, 0.05) is 13.1 Å². The predicted octanol–water partition coefficient (Wildman–Crippen LogP) is 2.96. The summed E-state index contributed by atoms with van der Waals surface area (Å²) < 4.78 is 0. The first-order valence-electron chi connectivity index (χ1n) is 6.76. The highest BCUT2D eigenvalue weighted by atomic mass is 16.2. The van der Waals surface area contributed by atoms with Gasteiger partial charge in [0.1, 0.15) is 5.92 Å². The van der Waals surface area contributed by atoms with E-state index in [4.69, 9.17) is 5.26 Å². The molecule has 1 fully saturated rings. The van der Waals surface area contributed by atoms with Gasteiger partial charge in [-0.1, -0.05) is 20.3 Å². The van der Waals surface area contributed by atoms with E-state index >= 15 is 0 Å². The number of hydrogen-bond donors (Lipinski definition) is 0. The zero-order valence-electron chi connectivity index (χ0n) is 11.3. The first-order chi connectivity index (χ1) is 8.10. The summed E-state index contributed by atoms with van der Waals surface area (Å²) >= 11 is 0. The maximum absolute atomic E-state index is 12.1. The summed E-state index contributed by atoms with van der Waals surface area (Å²) in [5.74, 6) is 0.371. The van der Waals surface area contributed by atoms with Crippen molar-refractivity contribution in [1.29, 1.82) is 5.26 Å². The van der Waals surface area contributed by atoms with Gasteiger partial charge < -0.3 is 4.90 Å². The molecule has 1 atom stereocenters. The van der Waals surface area contributed by atoms with Crippen molar-refractivity contribution in [3.05, 3.63) is 0 Å². The molecule has 0 radical (unpaired) electrons. The maximum Gasteiger partial charge on any atom is 0.239 e. The van der Waals surface area contributed by atoms with Crippen LogP contribution in [-0.4, -0.2) is 23.9 Å². The van der Waals surface area contributed by atoms with Crippen molar-refractivity contribution in [1.82, 2.24) is 4.90 Å². The lowest BCUT2D eigenvalue weighted by atomic mass is 9.86. The Labute approximate surface area is 105 Å². The summed E-state index contributed by atoms with van der Waals surface area (Å²) in [5.41, 5.74) is 0. The predicted molar refractivity (Wildman–Crippen MR) is 68.2 cm³/mol. The SMILES string of the molecule is CCCC(C#N)C(=O)N(C)C1CCC(C)CC1. The molecule has 1 saturated carbocycles. The van der Waals surface area contributed by atoms with Crippen molar-refractivity contribution in [3.8, 4) is 6.07 Å². The minimum absolute atomic E-state index is 0.0221. The summed E-state index contributed by atoms with van der Waals surface area (Å²) in [6.07, 6.45) is 6.16. The minimum Gasteiger partial charge on any atom is -0.342 e. The summed E-state index contributed by atoms with van der Waals surface area (Å²) in [5, 5.41) is 9.02. The molecule has 0 aromatic carbocycles. The Kier molecular flexibility index (Phi) is 5.47. The van der Waals surface area contributed by atoms with E-state index in [1.165, 1.54) is 12.8 Å². The Hall–Kier alpha value is -1.04. The van der Waals surface area contributed by atoms with Gasteiger partial charge in [-0.15, -0.1) is 0 Å². The van der Waals surface area contributed by atoms with Crippen LogP contribution in [0, 0.1) is 23.2 Å². The number of carbonyl (C=O) groups is 1. The third kappa shape index (κ3) is 3.73. The van der Waals surface area contributed by atoms with Gasteiger partial charge in [-0.25, -0.2) is 0 Å². The van der Waals surface area contributed by atoms with E-state index in [1.807, 2.05) is 18.9 Å². The zero-order valence-corrected chi connectivity index (χ0v) is 11.3. The van der Waals surface area contributed by atoms with Crippen molar-refractivity contribution in [2.24, 2.45) is 11.8 Å². The highest BCUT2D eigenvalue weighted by molar-refractivity contribution is 5.81. The van der Waals surface area contributed by atoms with Gasteiger partial charge in [-0.05, 0) is 38.0 Å². The van der Waals surface area contributed by atoms with E-state index in [9.17, 15) is 4.79 Å². The van der Waals surface area contributed by atoms with Crippen LogP contribution < -0.4 is 0 Å². The van der Waals surface area contributed by atoms with E-state index in [2.05, 4.69) is 13.0 Å². The second-order valence-electron chi connectivity index (χ2n) is 5.33. The molecule has 0 N–H and O–H groups in total. The molecule has 1 amide bonds. The van der Waals surface area contributed by atoms with Crippen molar-refractivity contribution in [2.45, 2.75) is 58.4 Å². The molecule has 0 spiro atoms. The first-order valence-corrected chi connectivity index (χ1v) is 6.76. The molecular formula is C14H24N2O. The van der Waals surface area contributed by atoms with E-state index < -0.39 is 5.92 Å². The average Bonchev–Trinajstić information content (AvgIpc) is 2.35. The van der Waals surface area contributed by atoms with Crippen molar-refractivity contribution >= 4 is 5.91 Å². The lowest BCUT2D eigenvalue weighted by molar-refractivity contribution is -0.135. The van der Waals surface area contributed by atoms with Gasteiger partial charge in [0.15, 0.2) is 0 Å². The zero-order chi connectivity index (χ0) is 12.8. The quantitative estimate of drug-likeness (QED) is 0.753. The lowest BCUT2D eigenvalue weighted by Crippen LogP contribution is -2.42. The standard InChI is InChI=1S/C14H24N2O/c1-4-5-12(10-15)14(17)16(3)13-8-6-11(2)7-9-13/h11-13H,4-9H2,1-3H3. The molecule has 3 nitrogen and oxygen atoms in total. The molecule has 3 heteroatoms. The van der Waals surface area contributed by atoms with Crippen molar-refractivity contribution in [3.63, 3.8) is 0 Å². The Bertz CT molecular complexity index is 287. The third-order valence-corrected chi connectivity index (χ3v) is 3.91. The molecule has 1 unspecified atom stereocenters. The largest absolute Gasteiger partial charge is 0.342 e. The summed E-state index contributed by atoms with van der Waals surface area (Å²) in [4.78, 5) is 14.0. The number of hydrogen-bond acceptors (Lipinski definition) is 2. The van der Waals surface area contributed by atoms with Gasteiger partial charge >= 0.3 is 0 Å². The van der Waals surface area contributed by atoms with Crippen LogP contribution in [0.2, 0.25) is 0 Å². The van der Waals surface area contributed by atoms with Gasteiger partial charge in [0.05, 0.1) is 6.07 Å². The molecule has 0 aliphatic heterocycles. The summed E-state index contributed by atoms with van der Waals surface area (Å²) in [7, 11) is 1.86. The maximum atomic E-state index is 12.1. The molecule has 96 valence electrons. The van der Waals surface area contributed by atoms with Gasteiger partial charge in [-0.3, -0.25) is 4.79 Å². The molecule has 0 heterocycles. The lowest BCUT2D eigenvalue weighted by Gasteiger charge is -2.34. The van der Waals surface area contributed by atoms with E-state index in [-0.39, 0.29) is 5.91 Å². The van der Waals surface area contributed by atoms with Crippen LogP contribution >= 0.6 is 0 Å². The molecule has 1 rings (SSSR count). The van der Waals surface area contributed by atoms with Crippen LogP contribution in [0.4, 0.5) is 0 Å².